The van der Waals surface area contributed by atoms with Crippen LogP contribution in [0.4, 0.5) is 0 Å². The SMILES string of the molecule is CC1C=CC2=C[C@H](C)CCC2C1CCC(O)CCCC(=O)NNC(C)(C)N. The molecule has 27 heavy (non-hydrogen) atoms. The van der Waals surface area contributed by atoms with Gasteiger partial charge in [0.2, 0.25) is 5.91 Å². The molecular formula is C22H39N3O2. The van der Waals surface area contributed by atoms with Crippen LogP contribution in [0.15, 0.2) is 23.8 Å². The summed E-state index contributed by atoms with van der Waals surface area (Å²) in [6.07, 6.45) is 12.9. The molecule has 2 rings (SSSR count). The zero-order chi connectivity index (χ0) is 20.0. The molecule has 0 spiro atoms. The second-order valence-electron chi connectivity index (χ2n) is 9.23. The molecule has 2 aliphatic carbocycles. The number of hydrazine groups is 1. The maximum absolute atomic E-state index is 11.8. The van der Waals surface area contributed by atoms with Crippen LogP contribution in [0.25, 0.3) is 0 Å². The monoisotopic (exact) mass is 377 g/mol. The predicted octanol–water partition coefficient (Wildman–Crippen LogP) is 3.41. The molecule has 0 aromatic heterocycles. The normalized spacial score (nSPS) is 29.0. The first-order valence-electron chi connectivity index (χ1n) is 10.6. The molecule has 1 amide bonds. The number of hydrogen-bond acceptors (Lipinski definition) is 4. The van der Waals surface area contributed by atoms with Crippen LogP contribution in [0.3, 0.4) is 0 Å². The third kappa shape index (κ3) is 7.40. The molecule has 0 saturated carbocycles. The van der Waals surface area contributed by atoms with Gasteiger partial charge in [0.15, 0.2) is 0 Å². The van der Waals surface area contributed by atoms with Gasteiger partial charge in [0.05, 0.1) is 11.8 Å². The van der Waals surface area contributed by atoms with Gasteiger partial charge in [-0.1, -0.05) is 32.1 Å². The average molecular weight is 378 g/mol. The molecule has 5 N–H and O–H groups in total. The van der Waals surface area contributed by atoms with Gasteiger partial charge < -0.3 is 10.8 Å². The van der Waals surface area contributed by atoms with E-state index in [2.05, 4.69) is 42.9 Å². The number of allylic oxidation sites excluding steroid dienone is 4. The molecule has 0 fully saturated rings. The Morgan fingerprint density at radius 3 is 2.78 bits per heavy atom. The molecule has 0 bridgehead atoms. The fraction of sp³-hybridized carbons (Fsp3) is 0.773. The second kappa shape index (κ2) is 9.85. The van der Waals surface area contributed by atoms with Crippen molar-refractivity contribution in [2.24, 2.45) is 29.4 Å². The van der Waals surface area contributed by atoms with E-state index in [1.807, 2.05) is 0 Å². The lowest BCUT2D eigenvalue weighted by atomic mass is 9.66. The van der Waals surface area contributed by atoms with Crippen LogP contribution in [-0.4, -0.2) is 22.8 Å². The third-order valence-electron chi connectivity index (χ3n) is 5.92. The van der Waals surface area contributed by atoms with Gasteiger partial charge in [-0.2, -0.15) is 0 Å². The van der Waals surface area contributed by atoms with Crippen LogP contribution in [0.1, 0.15) is 72.6 Å². The van der Waals surface area contributed by atoms with E-state index in [0.29, 0.717) is 42.9 Å². The highest BCUT2D eigenvalue weighted by atomic mass is 16.3. The Morgan fingerprint density at radius 2 is 2.07 bits per heavy atom. The lowest BCUT2D eigenvalue weighted by Crippen LogP contribution is -2.56. The van der Waals surface area contributed by atoms with Gasteiger partial charge in [-0.05, 0) is 81.6 Å². The molecule has 0 aromatic carbocycles. The highest BCUT2D eigenvalue weighted by molar-refractivity contribution is 5.75. The van der Waals surface area contributed by atoms with Crippen molar-refractivity contribution in [3.8, 4) is 0 Å². The maximum atomic E-state index is 11.8. The zero-order valence-electron chi connectivity index (χ0n) is 17.5. The molecule has 0 aromatic rings. The quantitative estimate of drug-likeness (QED) is 0.366. The van der Waals surface area contributed by atoms with E-state index in [-0.39, 0.29) is 12.0 Å². The first-order chi connectivity index (χ1) is 12.7. The first kappa shape index (κ1) is 22.1. The predicted molar refractivity (Wildman–Crippen MR) is 110 cm³/mol. The largest absolute Gasteiger partial charge is 0.393 e. The standard InChI is InChI=1S/C22H39N3O2/c1-15-8-12-20-17(14-15)10-9-16(2)19(20)13-11-18(26)6-5-7-21(27)24-25-22(3,4)23/h9-10,14-16,18-20,25-26H,5-8,11-13,23H2,1-4H3,(H,24,27)/t15-,16?,18?,19?,20?/m1/s1. The Morgan fingerprint density at radius 1 is 1.33 bits per heavy atom. The Bertz CT molecular complexity index is 550. The molecule has 0 saturated heterocycles. The molecular weight excluding hydrogens is 338 g/mol. The Hall–Kier alpha value is -1.17. The van der Waals surface area contributed by atoms with Gasteiger partial charge in [-0.25, -0.2) is 5.43 Å². The van der Waals surface area contributed by atoms with Gasteiger partial charge in [0, 0.05) is 6.42 Å². The number of aliphatic hydroxyl groups is 1. The number of amides is 1. The number of nitrogens with one attached hydrogen (secondary N) is 2. The summed E-state index contributed by atoms with van der Waals surface area (Å²) < 4.78 is 0. The molecule has 154 valence electrons. The number of carbonyl (C=O) groups is 1. The summed E-state index contributed by atoms with van der Waals surface area (Å²) in [7, 11) is 0. The number of aliphatic hydroxyl groups excluding tert-OH is 1. The number of fused-ring (bicyclic) bond motifs is 1. The maximum Gasteiger partial charge on any atom is 0.234 e. The van der Waals surface area contributed by atoms with Gasteiger partial charge >= 0.3 is 0 Å². The summed E-state index contributed by atoms with van der Waals surface area (Å²) >= 11 is 0. The number of carbonyl (C=O) groups excluding carboxylic acids is 1. The van der Waals surface area contributed by atoms with E-state index in [0.717, 1.165) is 12.8 Å². The Labute approximate surface area is 164 Å². The summed E-state index contributed by atoms with van der Waals surface area (Å²) in [6, 6.07) is 0. The van der Waals surface area contributed by atoms with E-state index in [1.54, 1.807) is 13.8 Å². The molecule has 0 heterocycles. The molecule has 5 nitrogen and oxygen atoms in total. The Balaban J connectivity index is 1.70. The van der Waals surface area contributed by atoms with Gasteiger partial charge in [-0.15, -0.1) is 0 Å². The number of nitrogens with two attached hydrogens (primary N) is 1. The minimum absolute atomic E-state index is 0.0853. The van der Waals surface area contributed by atoms with Crippen molar-refractivity contribution in [3.05, 3.63) is 23.8 Å². The summed E-state index contributed by atoms with van der Waals surface area (Å²) in [5.74, 6) is 2.46. The molecule has 2 aliphatic rings. The highest BCUT2D eigenvalue weighted by Gasteiger charge is 2.33. The fourth-order valence-corrected chi connectivity index (χ4v) is 4.34. The lowest BCUT2D eigenvalue weighted by Gasteiger charge is -2.38. The highest BCUT2D eigenvalue weighted by Crippen LogP contribution is 2.43. The van der Waals surface area contributed by atoms with Crippen LogP contribution in [0, 0.1) is 23.7 Å². The second-order valence-corrected chi connectivity index (χ2v) is 9.23. The molecule has 0 radical (unpaired) electrons. The van der Waals surface area contributed by atoms with Crippen molar-refractivity contribution in [1.82, 2.24) is 10.9 Å². The fourth-order valence-electron chi connectivity index (χ4n) is 4.34. The van der Waals surface area contributed by atoms with Crippen molar-refractivity contribution in [2.45, 2.75) is 84.4 Å². The number of hydrogen-bond donors (Lipinski definition) is 4. The third-order valence-corrected chi connectivity index (χ3v) is 5.92. The average Bonchev–Trinajstić information content (AvgIpc) is 2.58. The van der Waals surface area contributed by atoms with Crippen molar-refractivity contribution in [1.29, 1.82) is 0 Å². The minimum atomic E-state index is -0.634. The van der Waals surface area contributed by atoms with Crippen molar-refractivity contribution >= 4 is 5.91 Å². The minimum Gasteiger partial charge on any atom is -0.393 e. The van der Waals surface area contributed by atoms with Crippen LogP contribution in [-0.2, 0) is 4.79 Å². The topological polar surface area (TPSA) is 87.4 Å². The van der Waals surface area contributed by atoms with Gasteiger partial charge in [0.25, 0.3) is 0 Å². The molecule has 5 atom stereocenters. The van der Waals surface area contributed by atoms with Gasteiger partial charge in [0.1, 0.15) is 0 Å². The van der Waals surface area contributed by atoms with Crippen LogP contribution >= 0.6 is 0 Å². The van der Waals surface area contributed by atoms with Crippen molar-refractivity contribution in [3.63, 3.8) is 0 Å². The van der Waals surface area contributed by atoms with Crippen molar-refractivity contribution in [2.75, 3.05) is 0 Å². The zero-order valence-corrected chi connectivity index (χ0v) is 17.5. The van der Waals surface area contributed by atoms with E-state index >= 15 is 0 Å². The molecule has 5 heteroatoms. The summed E-state index contributed by atoms with van der Waals surface area (Å²) in [5, 5.41) is 10.4. The summed E-state index contributed by atoms with van der Waals surface area (Å²) in [5.41, 5.74) is 12.0. The number of rotatable bonds is 9. The molecule has 0 aliphatic heterocycles. The van der Waals surface area contributed by atoms with E-state index in [9.17, 15) is 9.90 Å². The van der Waals surface area contributed by atoms with E-state index in [4.69, 9.17) is 5.73 Å². The van der Waals surface area contributed by atoms with Crippen LogP contribution in [0.5, 0.6) is 0 Å². The first-order valence-corrected chi connectivity index (χ1v) is 10.6. The summed E-state index contributed by atoms with van der Waals surface area (Å²) in [6.45, 7) is 8.17. The van der Waals surface area contributed by atoms with Crippen LogP contribution in [0.2, 0.25) is 0 Å². The van der Waals surface area contributed by atoms with Crippen molar-refractivity contribution < 1.29 is 9.90 Å². The smallest absolute Gasteiger partial charge is 0.234 e. The van der Waals surface area contributed by atoms with E-state index < -0.39 is 5.66 Å². The Kier molecular flexibility index (Phi) is 8.07. The molecule has 4 unspecified atom stereocenters. The lowest BCUT2D eigenvalue weighted by molar-refractivity contribution is -0.122. The van der Waals surface area contributed by atoms with Gasteiger partial charge in [-0.3, -0.25) is 10.2 Å². The van der Waals surface area contributed by atoms with E-state index in [1.165, 1.54) is 18.4 Å². The van der Waals surface area contributed by atoms with Crippen LogP contribution < -0.4 is 16.6 Å². The summed E-state index contributed by atoms with van der Waals surface area (Å²) in [4.78, 5) is 11.8.